The first-order valence-electron chi connectivity index (χ1n) is 6.71. The summed E-state index contributed by atoms with van der Waals surface area (Å²) in [5, 5.41) is 2.12. The van der Waals surface area contributed by atoms with Crippen LogP contribution >= 0.6 is 35.6 Å². The number of nitrogens with one attached hydrogen (secondary N) is 1. The van der Waals surface area contributed by atoms with Gasteiger partial charge in [0, 0.05) is 19.3 Å². The number of alkyl halides is 3. The van der Waals surface area contributed by atoms with E-state index in [2.05, 4.69) is 10.3 Å². The maximum atomic E-state index is 12.5. The van der Waals surface area contributed by atoms with Gasteiger partial charge in [0.2, 0.25) is 5.91 Å². The lowest BCUT2D eigenvalue weighted by molar-refractivity contribution is -0.137. The first kappa shape index (κ1) is 18.3. The number of amides is 1. The quantitative estimate of drug-likeness (QED) is 0.804. The summed E-state index contributed by atoms with van der Waals surface area (Å²) in [7, 11) is 0. The summed E-state index contributed by atoms with van der Waals surface area (Å²) in [4.78, 5) is 17.4. The van der Waals surface area contributed by atoms with Crippen molar-refractivity contribution in [3.8, 4) is 0 Å². The Morgan fingerprint density at radius 1 is 1.43 bits per heavy atom. The highest BCUT2D eigenvalue weighted by Gasteiger charge is 2.31. The average molecular weight is 384 g/mol. The van der Waals surface area contributed by atoms with Crippen molar-refractivity contribution in [2.75, 3.05) is 24.2 Å². The third-order valence-corrected chi connectivity index (χ3v) is 4.93. The van der Waals surface area contributed by atoms with Crippen LogP contribution in [0.2, 0.25) is 5.02 Å². The summed E-state index contributed by atoms with van der Waals surface area (Å²) in [6.07, 6.45) is -1.74. The van der Waals surface area contributed by atoms with E-state index in [0.717, 1.165) is 32.0 Å². The molecule has 0 aliphatic carbocycles. The fourth-order valence-electron chi connectivity index (χ4n) is 1.97. The summed E-state index contributed by atoms with van der Waals surface area (Å²) in [6, 6.07) is 0.728. The third-order valence-electron chi connectivity index (χ3n) is 3.12. The molecule has 1 aliphatic rings. The molecular formula is C13H13ClF3N3OS2. The molecule has 1 aromatic heterocycles. The molecule has 2 heterocycles. The minimum Gasteiger partial charge on any atom is -0.358 e. The minimum absolute atomic E-state index is 0.0500. The van der Waals surface area contributed by atoms with E-state index >= 15 is 0 Å². The van der Waals surface area contributed by atoms with E-state index in [1.807, 2.05) is 4.90 Å². The number of aromatic nitrogens is 1. The molecule has 0 spiro atoms. The molecule has 23 heavy (non-hydrogen) atoms. The highest BCUT2D eigenvalue weighted by atomic mass is 35.5. The summed E-state index contributed by atoms with van der Waals surface area (Å²) in [5.74, 6) is -0.475. The van der Waals surface area contributed by atoms with Crippen LogP contribution in [-0.2, 0) is 11.0 Å². The van der Waals surface area contributed by atoms with Gasteiger partial charge in [-0.05, 0) is 18.9 Å². The zero-order chi connectivity index (χ0) is 17.0. The van der Waals surface area contributed by atoms with Gasteiger partial charge in [0.05, 0.1) is 16.3 Å². The number of rotatable bonds is 3. The van der Waals surface area contributed by atoms with Crippen molar-refractivity contribution in [3.05, 3.63) is 22.8 Å². The van der Waals surface area contributed by atoms with Gasteiger partial charge >= 0.3 is 6.18 Å². The lowest BCUT2D eigenvalue weighted by Gasteiger charge is -2.17. The SMILES string of the molecule is O=C(CSC(=S)N1CCCC1)Nc1ncc(C(F)(F)F)cc1Cl. The molecule has 0 bridgehead atoms. The molecular weight excluding hydrogens is 371 g/mol. The van der Waals surface area contributed by atoms with Crippen molar-refractivity contribution in [3.63, 3.8) is 0 Å². The van der Waals surface area contributed by atoms with E-state index < -0.39 is 17.6 Å². The van der Waals surface area contributed by atoms with Crippen LogP contribution in [0.15, 0.2) is 12.3 Å². The Kier molecular flexibility index (Phi) is 6.10. The number of carbonyl (C=O) groups excluding carboxylic acids is 1. The number of hydrogen-bond acceptors (Lipinski definition) is 4. The van der Waals surface area contributed by atoms with Crippen LogP contribution in [-0.4, -0.2) is 39.0 Å². The number of hydrogen-bond donors (Lipinski definition) is 1. The van der Waals surface area contributed by atoms with Crippen molar-refractivity contribution in [1.82, 2.24) is 9.88 Å². The van der Waals surface area contributed by atoms with Gasteiger partial charge in [-0.25, -0.2) is 4.98 Å². The highest BCUT2D eigenvalue weighted by Crippen LogP contribution is 2.32. The number of nitrogens with zero attached hydrogens (tertiary/aromatic N) is 2. The Morgan fingerprint density at radius 3 is 2.65 bits per heavy atom. The molecule has 1 amide bonds. The van der Waals surface area contributed by atoms with Crippen LogP contribution < -0.4 is 5.32 Å². The van der Waals surface area contributed by atoms with Gasteiger partial charge in [0.25, 0.3) is 0 Å². The van der Waals surface area contributed by atoms with E-state index in [1.54, 1.807) is 0 Å². The zero-order valence-electron chi connectivity index (χ0n) is 11.8. The second-order valence-electron chi connectivity index (χ2n) is 4.85. The fraction of sp³-hybridized carbons (Fsp3) is 0.462. The van der Waals surface area contributed by atoms with E-state index in [0.29, 0.717) is 10.5 Å². The van der Waals surface area contributed by atoms with Crippen LogP contribution in [0.3, 0.4) is 0 Å². The molecule has 0 radical (unpaired) electrons. The van der Waals surface area contributed by atoms with Gasteiger partial charge in [0.1, 0.15) is 4.32 Å². The van der Waals surface area contributed by atoms with Gasteiger partial charge in [-0.15, -0.1) is 0 Å². The number of likely N-dealkylation sites (tertiary alicyclic amines) is 1. The molecule has 0 unspecified atom stereocenters. The van der Waals surface area contributed by atoms with Gasteiger partial charge in [-0.1, -0.05) is 35.6 Å². The number of thioether (sulfide) groups is 1. The second-order valence-corrected chi connectivity index (χ2v) is 6.87. The van der Waals surface area contributed by atoms with Crippen molar-refractivity contribution in [2.45, 2.75) is 19.0 Å². The average Bonchev–Trinajstić information content (AvgIpc) is 3.00. The maximum Gasteiger partial charge on any atom is 0.417 e. The molecule has 4 nitrogen and oxygen atoms in total. The van der Waals surface area contributed by atoms with Crippen LogP contribution in [0.25, 0.3) is 0 Å². The fourth-order valence-corrected chi connectivity index (χ4v) is 3.24. The predicted octanol–water partition coefficient (Wildman–Crippen LogP) is 3.81. The lowest BCUT2D eigenvalue weighted by Crippen LogP contribution is -2.25. The number of halogens is 4. The highest BCUT2D eigenvalue weighted by molar-refractivity contribution is 8.23. The summed E-state index contributed by atoms with van der Waals surface area (Å²) in [6.45, 7) is 1.78. The van der Waals surface area contributed by atoms with E-state index in [1.165, 1.54) is 11.8 Å². The van der Waals surface area contributed by atoms with Crippen molar-refractivity contribution < 1.29 is 18.0 Å². The van der Waals surface area contributed by atoms with Gasteiger partial charge < -0.3 is 10.2 Å². The molecule has 1 saturated heterocycles. The summed E-state index contributed by atoms with van der Waals surface area (Å²) >= 11 is 12.2. The molecule has 1 aromatic rings. The Hall–Kier alpha value is -1.06. The van der Waals surface area contributed by atoms with Gasteiger partial charge in [0.15, 0.2) is 5.82 Å². The van der Waals surface area contributed by atoms with E-state index in [9.17, 15) is 18.0 Å². The van der Waals surface area contributed by atoms with Gasteiger partial charge in [-0.2, -0.15) is 13.2 Å². The monoisotopic (exact) mass is 383 g/mol. The largest absolute Gasteiger partial charge is 0.417 e. The molecule has 0 saturated carbocycles. The predicted molar refractivity (Wildman–Crippen MR) is 88.7 cm³/mol. The topological polar surface area (TPSA) is 45.2 Å². The Bertz CT molecular complexity index is 607. The van der Waals surface area contributed by atoms with Crippen LogP contribution in [0, 0.1) is 0 Å². The van der Waals surface area contributed by atoms with Crippen molar-refractivity contribution in [1.29, 1.82) is 0 Å². The Morgan fingerprint density at radius 2 is 2.09 bits per heavy atom. The van der Waals surface area contributed by atoms with Crippen LogP contribution in [0.5, 0.6) is 0 Å². The van der Waals surface area contributed by atoms with Crippen LogP contribution in [0.4, 0.5) is 19.0 Å². The smallest absolute Gasteiger partial charge is 0.358 e. The van der Waals surface area contributed by atoms with E-state index in [-0.39, 0.29) is 16.6 Å². The maximum absolute atomic E-state index is 12.5. The zero-order valence-corrected chi connectivity index (χ0v) is 14.2. The number of pyridine rings is 1. The van der Waals surface area contributed by atoms with Crippen LogP contribution in [0.1, 0.15) is 18.4 Å². The normalized spacial score (nSPS) is 14.9. The molecule has 0 atom stereocenters. The lowest BCUT2D eigenvalue weighted by atomic mass is 10.3. The second kappa shape index (κ2) is 7.67. The third kappa shape index (κ3) is 5.22. The number of thiocarbonyl (C=S) groups is 1. The number of carbonyl (C=O) groups is 1. The molecule has 0 aromatic carbocycles. The Balaban J connectivity index is 1.88. The van der Waals surface area contributed by atoms with Crippen molar-refractivity contribution in [2.24, 2.45) is 0 Å². The molecule has 2 rings (SSSR count). The first-order valence-corrected chi connectivity index (χ1v) is 8.49. The van der Waals surface area contributed by atoms with E-state index in [4.69, 9.17) is 23.8 Å². The Labute approximate surface area is 145 Å². The minimum atomic E-state index is -4.53. The molecule has 1 fully saturated rings. The first-order chi connectivity index (χ1) is 10.8. The van der Waals surface area contributed by atoms with Crippen molar-refractivity contribution >= 4 is 51.6 Å². The molecule has 126 valence electrons. The standard InChI is InChI=1S/C13H13ClF3N3OS2/c14-9-5-8(13(15,16)17)6-18-11(9)19-10(21)7-23-12(22)20-3-1-2-4-20/h5-6H,1-4,7H2,(H,18,19,21). The molecule has 10 heteroatoms. The van der Waals surface area contributed by atoms with Gasteiger partial charge in [-0.3, -0.25) is 4.79 Å². The number of anilines is 1. The molecule has 1 N–H and O–H groups in total. The summed E-state index contributed by atoms with van der Waals surface area (Å²) in [5.41, 5.74) is -0.968. The molecule has 1 aliphatic heterocycles. The summed E-state index contributed by atoms with van der Waals surface area (Å²) < 4.78 is 38.2.